The fourth-order valence-corrected chi connectivity index (χ4v) is 3.02. The number of hydrogen-bond donors (Lipinski definition) is 2. The maximum Gasteiger partial charge on any atom is 0.391 e. The molecule has 4 atom stereocenters. The molecule has 0 aromatic rings. The number of hydrogen-bond acceptors (Lipinski definition) is 3. The number of halogens is 3. The van der Waals surface area contributed by atoms with Gasteiger partial charge in [0.05, 0.1) is 25.0 Å². The second-order valence-electron chi connectivity index (χ2n) is 5.65. The van der Waals surface area contributed by atoms with Crippen LogP contribution in [0.2, 0.25) is 0 Å². The molecule has 1 aliphatic heterocycles. The van der Waals surface area contributed by atoms with Crippen LogP contribution in [-0.2, 0) is 9.53 Å². The first-order valence-corrected chi connectivity index (χ1v) is 7.04. The van der Waals surface area contributed by atoms with Crippen molar-refractivity contribution in [3.8, 4) is 0 Å². The van der Waals surface area contributed by atoms with Gasteiger partial charge < -0.3 is 15.4 Å². The van der Waals surface area contributed by atoms with Crippen molar-refractivity contribution in [3.63, 3.8) is 0 Å². The highest BCUT2D eigenvalue weighted by Crippen LogP contribution is 2.37. The summed E-state index contributed by atoms with van der Waals surface area (Å²) in [5.74, 6) is -1.80. The van der Waals surface area contributed by atoms with Gasteiger partial charge in [-0.05, 0) is 26.3 Å². The quantitative estimate of drug-likeness (QED) is 0.828. The Morgan fingerprint density at radius 1 is 1.25 bits per heavy atom. The van der Waals surface area contributed by atoms with E-state index in [1.54, 1.807) is 7.05 Å². The highest BCUT2D eigenvalue weighted by atomic mass is 19.4. The summed E-state index contributed by atoms with van der Waals surface area (Å²) in [5.41, 5.74) is 0. The molecule has 0 aromatic heterocycles. The molecule has 0 spiro atoms. The van der Waals surface area contributed by atoms with E-state index in [0.717, 1.165) is 0 Å². The van der Waals surface area contributed by atoms with Gasteiger partial charge >= 0.3 is 6.18 Å². The third kappa shape index (κ3) is 3.63. The predicted molar refractivity (Wildman–Crippen MR) is 67.1 cm³/mol. The fourth-order valence-electron chi connectivity index (χ4n) is 3.02. The lowest BCUT2D eigenvalue weighted by atomic mass is 9.85. The molecule has 2 rings (SSSR count). The first-order chi connectivity index (χ1) is 9.41. The third-order valence-corrected chi connectivity index (χ3v) is 4.27. The molecule has 0 bridgehead atoms. The van der Waals surface area contributed by atoms with Gasteiger partial charge in [0.1, 0.15) is 0 Å². The van der Waals surface area contributed by atoms with Gasteiger partial charge in [-0.15, -0.1) is 0 Å². The van der Waals surface area contributed by atoms with Crippen molar-refractivity contribution in [2.75, 3.05) is 20.3 Å². The summed E-state index contributed by atoms with van der Waals surface area (Å²) in [4.78, 5) is 12.1. The lowest BCUT2D eigenvalue weighted by molar-refractivity contribution is -0.184. The second kappa shape index (κ2) is 6.30. The molecular formula is C13H21F3N2O2. The van der Waals surface area contributed by atoms with Gasteiger partial charge in [-0.2, -0.15) is 13.2 Å². The first kappa shape index (κ1) is 15.6. The minimum Gasteiger partial charge on any atom is -0.379 e. The molecule has 1 saturated carbocycles. The average molecular weight is 294 g/mol. The van der Waals surface area contributed by atoms with Crippen LogP contribution < -0.4 is 10.6 Å². The van der Waals surface area contributed by atoms with Gasteiger partial charge in [0.2, 0.25) is 5.91 Å². The smallest absolute Gasteiger partial charge is 0.379 e. The predicted octanol–water partition coefficient (Wildman–Crippen LogP) is 1.46. The Labute approximate surface area is 116 Å². The lowest BCUT2D eigenvalue weighted by Gasteiger charge is -2.32. The molecule has 1 aliphatic carbocycles. The highest BCUT2D eigenvalue weighted by molar-refractivity contribution is 5.80. The Kier molecular flexibility index (Phi) is 4.90. The summed E-state index contributed by atoms with van der Waals surface area (Å²) in [5, 5.41) is 5.77. The maximum atomic E-state index is 12.7. The Morgan fingerprint density at radius 2 is 2.00 bits per heavy atom. The van der Waals surface area contributed by atoms with E-state index in [2.05, 4.69) is 10.6 Å². The molecule has 7 heteroatoms. The number of alkyl halides is 3. The third-order valence-electron chi connectivity index (χ3n) is 4.27. The van der Waals surface area contributed by atoms with Crippen LogP contribution in [0.4, 0.5) is 13.2 Å². The molecule has 0 radical (unpaired) electrons. The topological polar surface area (TPSA) is 50.4 Å². The van der Waals surface area contributed by atoms with Crippen LogP contribution in [-0.4, -0.2) is 44.4 Å². The standard InChI is InChI=1S/C13H21F3N2O2/c1-17-11-7-20-6-10(11)12(19)18-9-4-2-3-8(5-9)13(14,15)16/h8-11,17H,2-7H2,1H3,(H,18,19). The zero-order chi connectivity index (χ0) is 14.8. The van der Waals surface area contributed by atoms with E-state index in [-0.39, 0.29) is 36.8 Å². The Morgan fingerprint density at radius 3 is 2.65 bits per heavy atom. The summed E-state index contributed by atoms with van der Waals surface area (Å²) in [6.07, 6.45) is -2.87. The van der Waals surface area contributed by atoms with E-state index in [9.17, 15) is 18.0 Å². The minimum atomic E-state index is -4.16. The molecule has 2 N–H and O–H groups in total. The van der Waals surface area contributed by atoms with Gasteiger partial charge in [0.15, 0.2) is 0 Å². The maximum absolute atomic E-state index is 12.7. The summed E-state index contributed by atoms with van der Waals surface area (Å²) >= 11 is 0. The summed E-state index contributed by atoms with van der Waals surface area (Å²) in [6.45, 7) is 0.789. The van der Waals surface area contributed by atoms with Gasteiger partial charge in [-0.1, -0.05) is 6.42 Å². The number of likely N-dealkylation sites (N-methyl/N-ethyl adjacent to an activating group) is 1. The highest BCUT2D eigenvalue weighted by Gasteiger charge is 2.43. The second-order valence-corrected chi connectivity index (χ2v) is 5.65. The number of ether oxygens (including phenoxy) is 1. The number of carbonyl (C=O) groups excluding carboxylic acids is 1. The number of carbonyl (C=O) groups is 1. The fraction of sp³-hybridized carbons (Fsp3) is 0.923. The van der Waals surface area contributed by atoms with Crippen molar-refractivity contribution in [1.82, 2.24) is 10.6 Å². The molecule has 4 unspecified atom stereocenters. The summed E-state index contributed by atoms with van der Waals surface area (Å²) in [6, 6.07) is -0.432. The number of nitrogens with one attached hydrogen (secondary N) is 2. The monoisotopic (exact) mass is 294 g/mol. The molecular weight excluding hydrogens is 273 g/mol. The van der Waals surface area contributed by atoms with Gasteiger partial charge in [-0.3, -0.25) is 4.79 Å². The van der Waals surface area contributed by atoms with Crippen LogP contribution in [0.25, 0.3) is 0 Å². The molecule has 1 heterocycles. The van der Waals surface area contributed by atoms with Crippen molar-refractivity contribution >= 4 is 5.91 Å². The van der Waals surface area contributed by atoms with Crippen LogP contribution in [0.1, 0.15) is 25.7 Å². The van der Waals surface area contributed by atoms with Crippen molar-refractivity contribution in [1.29, 1.82) is 0 Å². The molecule has 0 aromatic carbocycles. The summed E-state index contributed by atoms with van der Waals surface area (Å²) in [7, 11) is 1.75. The minimum absolute atomic E-state index is 0.00691. The van der Waals surface area contributed by atoms with Crippen molar-refractivity contribution in [2.24, 2.45) is 11.8 Å². The van der Waals surface area contributed by atoms with Gasteiger partial charge in [-0.25, -0.2) is 0 Å². The van der Waals surface area contributed by atoms with Gasteiger partial charge in [0.25, 0.3) is 0 Å². The lowest BCUT2D eigenvalue weighted by Crippen LogP contribution is -2.48. The molecule has 116 valence electrons. The summed E-state index contributed by atoms with van der Waals surface area (Å²) < 4.78 is 43.4. The number of rotatable bonds is 3. The van der Waals surface area contributed by atoms with E-state index in [1.807, 2.05) is 0 Å². The molecule has 4 nitrogen and oxygen atoms in total. The average Bonchev–Trinajstić information content (AvgIpc) is 2.86. The van der Waals surface area contributed by atoms with Crippen LogP contribution in [0.5, 0.6) is 0 Å². The zero-order valence-electron chi connectivity index (χ0n) is 11.5. The Bertz CT molecular complexity index is 349. The van der Waals surface area contributed by atoms with E-state index in [1.165, 1.54) is 0 Å². The van der Waals surface area contributed by atoms with Crippen molar-refractivity contribution in [3.05, 3.63) is 0 Å². The van der Waals surface area contributed by atoms with Crippen LogP contribution in [0, 0.1) is 11.8 Å². The molecule has 1 saturated heterocycles. The molecule has 1 amide bonds. The number of amides is 1. The Hall–Kier alpha value is -0.820. The molecule has 2 aliphatic rings. The molecule has 2 fully saturated rings. The van der Waals surface area contributed by atoms with Crippen molar-refractivity contribution in [2.45, 2.75) is 43.9 Å². The van der Waals surface area contributed by atoms with E-state index in [4.69, 9.17) is 4.74 Å². The first-order valence-electron chi connectivity index (χ1n) is 7.04. The van der Waals surface area contributed by atoms with Crippen molar-refractivity contribution < 1.29 is 22.7 Å². The van der Waals surface area contributed by atoms with E-state index >= 15 is 0 Å². The largest absolute Gasteiger partial charge is 0.391 e. The van der Waals surface area contributed by atoms with Crippen LogP contribution >= 0.6 is 0 Å². The van der Waals surface area contributed by atoms with Gasteiger partial charge in [0, 0.05) is 12.1 Å². The zero-order valence-corrected chi connectivity index (χ0v) is 11.5. The molecule has 20 heavy (non-hydrogen) atoms. The van der Waals surface area contributed by atoms with Crippen LogP contribution in [0.15, 0.2) is 0 Å². The normalized spacial score (nSPS) is 35.0. The Balaban J connectivity index is 1.88. The SMILES string of the molecule is CNC1COCC1C(=O)NC1CCCC(C(F)(F)F)C1. The van der Waals surface area contributed by atoms with E-state index < -0.39 is 12.1 Å². The van der Waals surface area contributed by atoms with E-state index in [0.29, 0.717) is 26.1 Å². The van der Waals surface area contributed by atoms with Crippen LogP contribution in [0.3, 0.4) is 0 Å².